The predicted octanol–water partition coefficient (Wildman–Crippen LogP) is 3.32. The number of H-pyrrole nitrogens is 1. The highest BCUT2D eigenvalue weighted by Crippen LogP contribution is 2.35. The Labute approximate surface area is 133 Å². The first kappa shape index (κ1) is 14.0. The highest BCUT2D eigenvalue weighted by molar-refractivity contribution is 5.89. The minimum Gasteiger partial charge on any atom is -0.346 e. The number of nitrogens with zero attached hydrogens (tertiary/aromatic N) is 5. The Morgan fingerprint density at radius 3 is 3.04 bits per heavy atom. The molecule has 7 nitrogen and oxygen atoms in total. The topological polar surface area (TPSA) is 88.8 Å². The molecule has 1 aliphatic rings. The lowest BCUT2D eigenvalue weighted by Gasteiger charge is -2.20. The van der Waals surface area contributed by atoms with Gasteiger partial charge in [0, 0.05) is 23.3 Å². The van der Waals surface area contributed by atoms with Gasteiger partial charge in [0.05, 0.1) is 17.9 Å². The van der Waals surface area contributed by atoms with Crippen molar-refractivity contribution < 1.29 is 0 Å². The molecule has 0 aliphatic heterocycles. The van der Waals surface area contributed by atoms with E-state index in [2.05, 4.69) is 25.2 Å². The predicted molar refractivity (Wildman–Crippen MR) is 86.8 cm³/mol. The van der Waals surface area contributed by atoms with E-state index in [1.165, 1.54) is 12.8 Å². The SMILES string of the molecule is O=NCC(C1CCCC1)n1cc(-c2ncnc3[nH]ccc23)cn1. The summed E-state index contributed by atoms with van der Waals surface area (Å²) in [5.74, 6) is 0.484. The third kappa shape index (κ3) is 2.52. The molecular weight excluding hydrogens is 292 g/mol. The fourth-order valence-corrected chi connectivity index (χ4v) is 3.61. The zero-order chi connectivity index (χ0) is 15.6. The summed E-state index contributed by atoms with van der Waals surface area (Å²) >= 11 is 0. The molecule has 1 atom stereocenters. The van der Waals surface area contributed by atoms with E-state index >= 15 is 0 Å². The van der Waals surface area contributed by atoms with Gasteiger partial charge in [0.25, 0.3) is 0 Å². The first-order chi connectivity index (χ1) is 11.4. The summed E-state index contributed by atoms with van der Waals surface area (Å²) in [5.41, 5.74) is 2.60. The molecule has 0 radical (unpaired) electrons. The molecule has 1 aliphatic carbocycles. The summed E-state index contributed by atoms with van der Waals surface area (Å²) in [6.07, 6.45) is 11.9. The van der Waals surface area contributed by atoms with Crippen LogP contribution >= 0.6 is 0 Å². The van der Waals surface area contributed by atoms with E-state index in [4.69, 9.17) is 0 Å². The summed E-state index contributed by atoms with van der Waals surface area (Å²) in [7, 11) is 0. The Hall–Kier alpha value is -2.57. The van der Waals surface area contributed by atoms with Crippen molar-refractivity contribution in [3.63, 3.8) is 0 Å². The van der Waals surface area contributed by atoms with Crippen LogP contribution in [0, 0.1) is 10.8 Å². The van der Waals surface area contributed by atoms with Crippen LogP contribution < -0.4 is 0 Å². The van der Waals surface area contributed by atoms with Crippen molar-refractivity contribution in [1.29, 1.82) is 0 Å². The molecule has 3 heterocycles. The van der Waals surface area contributed by atoms with Crippen LogP contribution in [0.3, 0.4) is 0 Å². The zero-order valence-corrected chi connectivity index (χ0v) is 12.7. The third-order valence-corrected chi connectivity index (χ3v) is 4.77. The Morgan fingerprint density at radius 2 is 2.22 bits per heavy atom. The maximum absolute atomic E-state index is 10.8. The molecule has 23 heavy (non-hydrogen) atoms. The highest BCUT2D eigenvalue weighted by Gasteiger charge is 2.27. The second kappa shape index (κ2) is 5.91. The Morgan fingerprint density at radius 1 is 1.35 bits per heavy atom. The van der Waals surface area contributed by atoms with Crippen molar-refractivity contribution in [2.75, 3.05) is 6.54 Å². The van der Waals surface area contributed by atoms with Crippen molar-refractivity contribution >= 4 is 11.0 Å². The summed E-state index contributed by atoms with van der Waals surface area (Å²) in [5, 5.41) is 8.60. The molecule has 1 saturated carbocycles. The van der Waals surface area contributed by atoms with E-state index in [1.54, 1.807) is 6.33 Å². The molecule has 3 aromatic heterocycles. The van der Waals surface area contributed by atoms with Crippen LogP contribution in [0.5, 0.6) is 0 Å². The van der Waals surface area contributed by atoms with E-state index in [-0.39, 0.29) is 12.6 Å². The normalized spacial score (nSPS) is 16.9. The molecule has 1 N–H and O–H groups in total. The number of aromatic amines is 1. The van der Waals surface area contributed by atoms with E-state index in [0.29, 0.717) is 5.92 Å². The minimum absolute atomic E-state index is 0.0484. The molecule has 0 bridgehead atoms. The second-order valence-corrected chi connectivity index (χ2v) is 6.09. The van der Waals surface area contributed by atoms with Crippen LogP contribution in [0.25, 0.3) is 22.3 Å². The van der Waals surface area contributed by atoms with Crippen LogP contribution in [-0.4, -0.2) is 31.3 Å². The summed E-state index contributed by atoms with van der Waals surface area (Å²) < 4.78 is 1.90. The van der Waals surface area contributed by atoms with E-state index in [0.717, 1.165) is 35.1 Å². The van der Waals surface area contributed by atoms with Gasteiger partial charge in [-0.25, -0.2) is 9.97 Å². The van der Waals surface area contributed by atoms with Gasteiger partial charge in [0.1, 0.15) is 18.5 Å². The van der Waals surface area contributed by atoms with Crippen molar-refractivity contribution in [1.82, 2.24) is 24.7 Å². The number of hydrogen-bond donors (Lipinski definition) is 1. The fourth-order valence-electron chi connectivity index (χ4n) is 3.61. The molecule has 4 rings (SSSR count). The maximum Gasteiger partial charge on any atom is 0.141 e. The summed E-state index contributed by atoms with van der Waals surface area (Å²) in [6.45, 7) is 0.273. The number of fused-ring (bicyclic) bond motifs is 1. The van der Waals surface area contributed by atoms with Gasteiger partial charge >= 0.3 is 0 Å². The molecule has 0 spiro atoms. The van der Waals surface area contributed by atoms with Crippen molar-refractivity contribution in [2.45, 2.75) is 31.7 Å². The van der Waals surface area contributed by atoms with E-state index in [1.807, 2.05) is 29.3 Å². The maximum atomic E-state index is 10.8. The van der Waals surface area contributed by atoms with E-state index in [9.17, 15) is 4.91 Å². The molecule has 1 fully saturated rings. The van der Waals surface area contributed by atoms with Crippen LogP contribution in [0.2, 0.25) is 0 Å². The van der Waals surface area contributed by atoms with Gasteiger partial charge in [0.15, 0.2) is 0 Å². The molecule has 1 unspecified atom stereocenters. The lowest BCUT2D eigenvalue weighted by molar-refractivity contribution is 0.317. The molecule has 3 aromatic rings. The standard InChI is InChI=1S/C16H18N6O/c23-21-8-14(11-3-1-2-4-11)22-9-12(7-20-22)15-13-5-6-17-16(13)19-10-18-15/h5-7,9-11,14H,1-4,8H2,(H,17,18,19). The number of rotatable bonds is 5. The average molecular weight is 310 g/mol. The third-order valence-electron chi connectivity index (χ3n) is 4.77. The second-order valence-electron chi connectivity index (χ2n) is 6.09. The first-order valence-electron chi connectivity index (χ1n) is 7.98. The Balaban J connectivity index is 1.70. The summed E-state index contributed by atoms with van der Waals surface area (Å²) in [4.78, 5) is 22.5. The molecule has 7 heteroatoms. The smallest absolute Gasteiger partial charge is 0.141 e. The van der Waals surface area contributed by atoms with Crippen LogP contribution in [0.1, 0.15) is 31.7 Å². The fraction of sp³-hybridized carbons (Fsp3) is 0.438. The molecular formula is C16H18N6O. The molecule has 118 valence electrons. The summed E-state index contributed by atoms with van der Waals surface area (Å²) in [6, 6.07) is 2.01. The zero-order valence-electron chi connectivity index (χ0n) is 12.7. The van der Waals surface area contributed by atoms with Gasteiger partial charge < -0.3 is 4.98 Å². The molecule has 0 saturated heterocycles. The highest BCUT2D eigenvalue weighted by atomic mass is 16.3. The molecule has 0 amide bonds. The molecule has 0 aromatic carbocycles. The van der Waals surface area contributed by atoms with Crippen LogP contribution in [0.15, 0.2) is 36.2 Å². The van der Waals surface area contributed by atoms with Gasteiger partial charge in [-0.05, 0) is 24.8 Å². The number of aromatic nitrogens is 5. The number of nitroso groups, excluding NO2 is 1. The lowest BCUT2D eigenvalue weighted by Crippen LogP contribution is -2.20. The van der Waals surface area contributed by atoms with Crippen molar-refractivity contribution in [3.05, 3.63) is 35.9 Å². The number of hydrogen-bond acceptors (Lipinski definition) is 5. The van der Waals surface area contributed by atoms with Gasteiger partial charge in [-0.15, -0.1) is 0 Å². The quantitative estimate of drug-likeness (QED) is 0.732. The largest absolute Gasteiger partial charge is 0.346 e. The van der Waals surface area contributed by atoms with Gasteiger partial charge in [-0.3, -0.25) is 4.68 Å². The Kier molecular flexibility index (Phi) is 3.61. The lowest BCUT2D eigenvalue weighted by atomic mass is 9.98. The van der Waals surface area contributed by atoms with Crippen molar-refractivity contribution in [2.24, 2.45) is 11.1 Å². The van der Waals surface area contributed by atoms with Gasteiger partial charge in [-0.1, -0.05) is 18.0 Å². The van der Waals surface area contributed by atoms with Crippen LogP contribution in [-0.2, 0) is 0 Å². The average Bonchev–Trinajstić information content (AvgIpc) is 3.32. The van der Waals surface area contributed by atoms with E-state index < -0.39 is 0 Å². The first-order valence-corrected chi connectivity index (χ1v) is 7.98. The van der Waals surface area contributed by atoms with Gasteiger partial charge in [-0.2, -0.15) is 10.0 Å². The Bertz CT molecular complexity index is 817. The van der Waals surface area contributed by atoms with Crippen LogP contribution in [0.4, 0.5) is 0 Å². The van der Waals surface area contributed by atoms with Gasteiger partial charge in [0.2, 0.25) is 0 Å². The monoisotopic (exact) mass is 310 g/mol. The minimum atomic E-state index is 0.0484. The van der Waals surface area contributed by atoms with Crippen molar-refractivity contribution in [3.8, 4) is 11.3 Å². The number of nitrogens with one attached hydrogen (secondary N) is 1.